The van der Waals surface area contributed by atoms with Crippen LogP contribution in [0.25, 0.3) is 0 Å². The van der Waals surface area contributed by atoms with E-state index in [1.54, 1.807) is 0 Å². The molecule has 0 aromatic carbocycles. The first kappa shape index (κ1) is 14.2. The molecule has 2 rings (SSSR count). The average Bonchev–Trinajstić information content (AvgIpc) is 3.01. The second kappa shape index (κ2) is 6.80. The maximum absolute atomic E-state index is 11.8. The predicted molar refractivity (Wildman–Crippen MR) is 78.0 cm³/mol. The van der Waals surface area contributed by atoms with Gasteiger partial charge >= 0.3 is 0 Å². The Bertz CT molecular complexity index is 271. The third-order valence-electron chi connectivity index (χ3n) is 4.40. The topological polar surface area (TPSA) is 41.1 Å². The van der Waals surface area contributed by atoms with Crippen molar-refractivity contribution in [3.63, 3.8) is 0 Å². The van der Waals surface area contributed by atoms with Gasteiger partial charge in [-0.1, -0.05) is 25.7 Å². The van der Waals surface area contributed by atoms with Gasteiger partial charge < -0.3 is 10.6 Å². The highest BCUT2D eigenvalue weighted by atomic mass is 32.2. The first-order valence-corrected chi connectivity index (χ1v) is 8.52. The van der Waals surface area contributed by atoms with Gasteiger partial charge in [0.2, 0.25) is 5.91 Å². The van der Waals surface area contributed by atoms with E-state index in [1.807, 2.05) is 11.8 Å². The maximum atomic E-state index is 11.8. The SMILES string of the molecule is CSC1(CNCC(=O)NC2CCCC2)CCCC1. The lowest BCUT2D eigenvalue weighted by molar-refractivity contribution is -0.120. The standard InChI is InChI=1S/C14H26N2OS/c1-18-14(8-4-5-9-14)11-15-10-13(17)16-12-6-2-3-7-12/h12,15H,2-11H2,1H3,(H,16,17). The van der Waals surface area contributed by atoms with Crippen molar-refractivity contribution in [3.05, 3.63) is 0 Å². The monoisotopic (exact) mass is 270 g/mol. The highest BCUT2D eigenvalue weighted by molar-refractivity contribution is 8.00. The van der Waals surface area contributed by atoms with Crippen LogP contribution in [-0.4, -0.2) is 36.0 Å². The van der Waals surface area contributed by atoms with Crippen LogP contribution in [0.5, 0.6) is 0 Å². The largest absolute Gasteiger partial charge is 0.352 e. The van der Waals surface area contributed by atoms with Crippen LogP contribution in [0.4, 0.5) is 0 Å². The Morgan fingerprint density at radius 3 is 2.50 bits per heavy atom. The Morgan fingerprint density at radius 1 is 1.22 bits per heavy atom. The summed E-state index contributed by atoms with van der Waals surface area (Å²) in [4.78, 5) is 11.8. The molecule has 0 spiro atoms. The van der Waals surface area contributed by atoms with Crippen LogP contribution in [0.3, 0.4) is 0 Å². The Hall–Kier alpha value is -0.220. The number of hydrogen-bond acceptors (Lipinski definition) is 3. The number of carbonyl (C=O) groups is 1. The second-order valence-corrected chi connectivity index (χ2v) is 7.02. The van der Waals surface area contributed by atoms with Gasteiger partial charge in [0.1, 0.15) is 0 Å². The van der Waals surface area contributed by atoms with Crippen LogP contribution < -0.4 is 10.6 Å². The van der Waals surface area contributed by atoms with Crippen LogP contribution >= 0.6 is 11.8 Å². The minimum atomic E-state index is 0.177. The van der Waals surface area contributed by atoms with Crippen molar-refractivity contribution in [2.75, 3.05) is 19.3 Å². The molecule has 4 heteroatoms. The van der Waals surface area contributed by atoms with E-state index in [2.05, 4.69) is 16.9 Å². The number of amides is 1. The quantitative estimate of drug-likeness (QED) is 0.778. The first-order valence-electron chi connectivity index (χ1n) is 7.29. The van der Waals surface area contributed by atoms with Crippen molar-refractivity contribution in [3.8, 4) is 0 Å². The molecule has 2 N–H and O–H groups in total. The summed E-state index contributed by atoms with van der Waals surface area (Å²) in [5, 5.41) is 6.49. The van der Waals surface area contributed by atoms with Gasteiger partial charge in [0.05, 0.1) is 6.54 Å². The minimum absolute atomic E-state index is 0.177. The van der Waals surface area contributed by atoms with Crippen LogP contribution in [0.2, 0.25) is 0 Å². The summed E-state index contributed by atoms with van der Waals surface area (Å²) in [6, 6.07) is 0.445. The van der Waals surface area contributed by atoms with E-state index >= 15 is 0 Å². The van der Waals surface area contributed by atoms with Crippen molar-refractivity contribution < 1.29 is 4.79 Å². The molecule has 0 aromatic heterocycles. The van der Waals surface area contributed by atoms with Gasteiger partial charge in [-0.3, -0.25) is 4.79 Å². The van der Waals surface area contributed by atoms with Crippen LogP contribution in [-0.2, 0) is 4.79 Å². The zero-order valence-electron chi connectivity index (χ0n) is 11.5. The van der Waals surface area contributed by atoms with Crippen LogP contribution in [0.15, 0.2) is 0 Å². The molecule has 2 aliphatic rings. The summed E-state index contributed by atoms with van der Waals surface area (Å²) in [5.74, 6) is 0.177. The highest BCUT2D eigenvalue weighted by Gasteiger charge is 2.32. The zero-order valence-corrected chi connectivity index (χ0v) is 12.3. The minimum Gasteiger partial charge on any atom is -0.352 e. The van der Waals surface area contributed by atoms with E-state index in [0.29, 0.717) is 17.3 Å². The van der Waals surface area contributed by atoms with Crippen LogP contribution in [0.1, 0.15) is 51.4 Å². The van der Waals surface area contributed by atoms with Gasteiger partial charge in [0, 0.05) is 17.3 Å². The molecule has 0 saturated heterocycles. The molecule has 3 nitrogen and oxygen atoms in total. The van der Waals surface area contributed by atoms with Gasteiger partial charge in [0.15, 0.2) is 0 Å². The van der Waals surface area contributed by atoms with Crippen molar-refractivity contribution >= 4 is 17.7 Å². The summed E-state index contributed by atoms with van der Waals surface area (Å²) in [7, 11) is 0. The Morgan fingerprint density at radius 2 is 1.89 bits per heavy atom. The smallest absolute Gasteiger partial charge is 0.234 e. The van der Waals surface area contributed by atoms with Gasteiger partial charge in [-0.15, -0.1) is 0 Å². The van der Waals surface area contributed by atoms with E-state index < -0.39 is 0 Å². The molecule has 0 heterocycles. The molecule has 104 valence electrons. The molecular formula is C14H26N2OS. The molecular weight excluding hydrogens is 244 g/mol. The molecule has 0 radical (unpaired) electrons. The summed E-state index contributed by atoms with van der Waals surface area (Å²) in [6.45, 7) is 1.46. The molecule has 0 aliphatic heterocycles. The molecule has 2 fully saturated rings. The fourth-order valence-corrected chi connectivity index (χ4v) is 4.17. The summed E-state index contributed by atoms with van der Waals surface area (Å²) >= 11 is 1.97. The fraction of sp³-hybridized carbons (Fsp3) is 0.929. The molecule has 2 aliphatic carbocycles. The number of hydrogen-bond donors (Lipinski definition) is 2. The second-order valence-electron chi connectivity index (χ2n) is 5.75. The van der Waals surface area contributed by atoms with E-state index in [4.69, 9.17) is 0 Å². The molecule has 2 saturated carbocycles. The van der Waals surface area contributed by atoms with Gasteiger partial charge in [-0.05, 0) is 31.9 Å². The number of nitrogens with one attached hydrogen (secondary N) is 2. The summed E-state index contributed by atoms with van der Waals surface area (Å²) in [5.41, 5.74) is 0. The van der Waals surface area contributed by atoms with Crippen molar-refractivity contribution in [1.82, 2.24) is 10.6 Å². The van der Waals surface area contributed by atoms with E-state index in [9.17, 15) is 4.79 Å². The Kier molecular flexibility index (Phi) is 5.37. The lowest BCUT2D eigenvalue weighted by Crippen LogP contribution is -2.43. The molecule has 0 unspecified atom stereocenters. The van der Waals surface area contributed by atoms with Gasteiger partial charge in [0.25, 0.3) is 0 Å². The third kappa shape index (κ3) is 3.89. The lowest BCUT2D eigenvalue weighted by Gasteiger charge is -2.27. The molecule has 18 heavy (non-hydrogen) atoms. The third-order valence-corrected chi connectivity index (χ3v) is 5.82. The number of rotatable bonds is 6. The average molecular weight is 270 g/mol. The zero-order chi connectivity index (χ0) is 12.8. The predicted octanol–water partition coefficient (Wildman–Crippen LogP) is 2.31. The van der Waals surface area contributed by atoms with Crippen molar-refractivity contribution in [1.29, 1.82) is 0 Å². The van der Waals surface area contributed by atoms with Crippen LogP contribution in [0, 0.1) is 0 Å². The normalized spacial score (nSPS) is 23.4. The van der Waals surface area contributed by atoms with E-state index in [1.165, 1.54) is 51.4 Å². The Labute approximate surface area is 115 Å². The van der Waals surface area contributed by atoms with Crippen molar-refractivity contribution in [2.45, 2.75) is 62.2 Å². The van der Waals surface area contributed by atoms with E-state index in [0.717, 1.165) is 6.54 Å². The lowest BCUT2D eigenvalue weighted by atomic mass is 10.1. The first-order chi connectivity index (χ1) is 8.74. The fourth-order valence-electron chi connectivity index (χ4n) is 3.23. The Balaban J connectivity index is 1.63. The molecule has 0 bridgehead atoms. The molecule has 1 amide bonds. The van der Waals surface area contributed by atoms with Gasteiger partial charge in [-0.25, -0.2) is 0 Å². The molecule has 0 atom stereocenters. The van der Waals surface area contributed by atoms with Crippen molar-refractivity contribution in [2.24, 2.45) is 0 Å². The van der Waals surface area contributed by atoms with Gasteiger partial charge in [-0.2, -0.15) is 11.8 Å². The van der Waals surface area contributed by atoms with E-state index in [-0.39, 0.29) is 5.91 Å². The highest BCUT2D eigenvalue weighted by Crippen LogP contribution is 2.39. The number of carbonyl (C=O) groups excluding carboxylic acids is 1. The summed E-state index contributed by atoms with van der Waals surface area (Å²) < 4.78 is 0.396. The molecule has 0 aromatic rings. The maximum Gasteiger partial charge on any atom is 0.234 e. The summed E-state index contributed by atoms with van der Waals surface area (Å²) in [6.07, 6.45) is 12.4. The number of thioether (sulfide) groups is 1.